The molecule has 4 nitrogen and oxygen atoms in total. The highest BCUT2D eigenvalue weighted by atomic mass is 15.0. The van der Waals surface area contributed by atoms with Crippen molar-refractivity contribution in [2.45, 2.75) is 13.8 Å². The van der Waals surface area contributed by atoms with Gasteiger partial charge in [-0.1, -0.05) is 0 Å². The van der Waals surface area contributed by atoms with E-state index in [0.717, 1.165) is 10.9 Å². The fourth-order valence-corrected chi connectivity index (χ4v) is 1.79. The molecule has 0 aromatic carbocycles. The van der Waals surface area contributed by atoms with Gasteiger partial charge in [-0.3, -0.25) is 10.4 Å². The molecule has 4 heteroatoms. The summed E-state index contributed by atoms with van der Waals surface area (Å²) in [4.78, 5) is 4.16. The van der Waals surface area contributed by atoms with Crippen molar-refractivity contribution in [3.63, 3.8) is 0 Å². The fraction of sp³-hybridized carbons (Fsp3) is 0.273. The van der Waals surface area contributed by atoms with E-state index >= 15 is 0 Å². The lowest BCUT2D eigenvalue weighted by Crippen LogP contribution is -2.12. The quantitative estimate of drug-likeness (QED) is 0.543. The molecular formula is C11H14N4. The molecule has 0 aliphatic rings. The minimum absolute atomic E-state index is 0.00778. The van der Waals surface area contributed by atoms with Crippen LogP contribution in [0.5, 0.6) is 0 Å². The van der Waals surface area contributed by atoms with Crippen molar-refractivity contribution in [2.24, 2.45) is 12.8 Å². The van der Waals surface area contributed by atoms with E-state index in [1.807, 2.05) is 13.1 Å². The fourth-order valence-electron chi connectivity index (χ4n) is 1.79. The van der Waals surface area contributed by atoms with Crippen molar-refractivity contribution in [3.8, 4) is 0 Å². The number of nitrogen functional groups attached to an aromatic ring is 1. The van der Waals surface area contributed by atoms with Gasteiger partial charge in [0, 0.05) is 24.3 Å². The Labute approximate surface area is 88.2 Å². The summed E-state index contributed by atoms with van der Waals surface area (Å²) in [5, 5.41) is 8.47. The number of hydrogen-bond acceptors (Lipinski definition) is 2. The second kappa shape index (κ2) is 3.08. The predicted octanol–water partition coefficient (Wildman–Crippen LogP) is 1.47. The molecule has 78 valence electrons. The molecule has 2 aromatic rings. The van der Waals surface area contributed by atoms with E-state index < -0.39 is 0 Å². The lowest BCUT2D eigenvalue weighted by Gasteiger charge is -2.00. The Morgan fingerprint density at radius 2 is 2.13 bits per heavy atom. The standard InChI is InChI=1S/C11H14N4/c1-6-7(2)15(3)10-4-9(11(12)13)14-5-8(6)10/h4-5H,1-3H3,(H3,12,13). The summed E-state index contributed by atoms with van der Waals surface area (Å²) in [5.74, 6) is 0.00778. The van der Waals surface area contributed by atoms with Gasteiger partial charge in [-0.2, -0.15) is 0 Å². The first kappa shape index (κ1) is 9.71. The van der Waals surface area contributed by atoms with Gasteiger partial charge in [-0.15, -0.1) is 0 Å². The number of amidine groups is 1. The normalized spacial score (nSPS) is 10.9. The first-order valence-corrected chi connectivity index (χ1v) is 4.78. The Kier molecular flexibility index (Phi) is 2.00. The Hall–Kier alpha value is -1.84. The summed E-state index contributed by atoms with van der Waals surface area (Å²) in [7, 11) is 2.01. The number of pyridine rings is 1. The van der Waals surface area contributed by atoms with E-state index in [1.54, 1.807) is 6.20 Å². The molecule has 0 radical (unpaired) electrons. The highest BCUT2D eigenvalue weighted by molar-refractivity contribution is 5.97. The van der Waals surface area contributed by atoms with Crippen LogP contribution in [0.3, 0.4) is 0 Å². The molecule has 0 aliphatic carbocycles. The number of nitrogens with zero attached hydrogens (tertiary/aromatic N) is 2. The van der Waals surface area contributed by atoms with Crippen LogP contribution >= 0.6 is 0 Å². The number of rotatable bonds is 1. The molecule has 0 fully saturated rings. The molecule has 2 heterocycles. The third kappa shape index (κ3) is 1.29. The summed E-state index contributed by atoms with van der Waals surface area (Å²) in [6.45, 7) is 4.15. The van der Waals surface area contributed by atoms with Gasteiger partial charge < -0.3 is 10.3 Å². The predicted molar refractivity (Wildman–Crippen MR) is 61.2 cm³/mol. The van der Waals surface area contributed by atoms with E-state index in [-0.39, 0.29) is 5.84 Å². The summed E-state index contributed by atoms with van der Waals surface area (Å²) in [6.07, 6.45) is 1.79. The van der Waals surface area contributed by atoms with Gasteiger partial charge in [-0.05, 0) is 25.5 Å². The van der Waals surface area contributed by atoms with E-state index in [9.17, 15) is 0 Å². The van der Waals surface area contributed by atoms with Crippen LogP contribution < -0.4 is 5.73 Å². The zero-order valence-electron chi connectivity index (χ0n) is 9.13. The number of aryl methyl sites for hydroxylation is 2. The highest BCUT2D eigenvalue weighted by Crippen LogP contribution is 2.23. The molecule has 0 amide bonds. The molecule has 3 N–H and O–H groups in total. The van der Waals surface area contributed by atoms with Crippen LogP contribution in [-0.2, 0) is 7.05 Å². The summed E-state index contributed by atoms with van der Waals surface area (Å²) in [6, 6.07) is 1.86. The number of nitrogens with one attached hydrogen (secondary N) is 1. The second-order valence-electron chi connectivity index (χ2n) is 3.77. The average Bonchev–Trinajstić information content (AvgIpc) is 2.44. The van der Waals surface area contributed by atoms with Crippen LogP contribution in [0, 0.1) is 19.3 Å². The van der Waals surface area contributed by atoms with E-state index in [1.165, 1.54) is 11.3 Å². The number of fused-ring (bicyclic) bond motifs is 1. The largest absolute Gasteiger partial charge is 0.382 e. The summed E-state index contributed by atoms with van der Waals surface area (Å²) in [5.41, 5.74) is 9.46. The molecule has 0 bridgehead atoms. The molecule has 15 heavy (non-hydrogen) atoms. The molecule has 0 atom stereocenters. The average molecular weight is 202 g/mol. The van der Waals surface area contributed by atoms with Crippen LogP contribution in [-0.4, -0.2) is 15.4 Å². The molecule has 2 rings (SSSR count). The van der Waals surface area contributed by atoms with Gasteiger partial charge in [0.1, 0.15) is 11.5 Å². The Bertz CT molecular complexity index is 551. The first-order valence-electron chi connectivity index (χ1n) is 4.78. The van der Waals surface area contributed by atoms with Crippen LogP contribution in [0.15, 0.2) is 12.3 Å². The van der Waals surface area contributed by atoms with Gasteiger partial charge in [0.15, 0.2) is 0 Å². The van der Waals surface area contributed by atoms with Gasteiger partial charge in [0.05, 0.1) is 5.52 Å². The van der Waals surface area contributed by atoms with Crippen LogP contribution in [0.25, 0.3) is 10.9 Å². The number of aromatic nitrogens is 2. The van der Waals surface area contributed by atoms with Crippen molar-refractivity contribution < 1.29 is 0 Å². The third-order valence-electron chi connectivity index (χ3n) is 2.97. The smallest absolute Gasteiger partial charge is 0.141 e. The van der Waals surface area contributed by atoms with Gasteiger partial charge >= 0.3 is 0 Å². The Balaban J connectivity index is 2.82. The molecule has 0 aliphatic heterocycles. The Morgan fingerprint density at radius 3 is 2.73 bits per heavy atom. The summed E-state index contributed by atoms with van der Waals surface area (Å²) < 4.78 is 2.10. The lowest BCUT2D eigenvalue weighted by atomic mass is 10.2. The minimum atomic E-state index is 0.00778. The minimum Gasteiger partial charge on any atom is -0.382 e. The van der Waals surface area contributed by atoms with Gasteiger partial charge in [0.25, 0.3) is 0 Å². The SMILES string of the molecule is Cc1c(C)n(C)c2cc(C(=N)N)ncc12. The topological polar surface area (TPSA) is 67.7 Å². The lowest BCUT2D eigenvalue weighted by molar-refractivity contribution is 0.909. The molecule has 2 aromatic heterocycles. The summed E-state index contributed by atoms with van der Waals surface area (Å²) >= 11 is 0. The maximum atomic E-state index is 7.35. The van der Waals surface area contributed by atoms with Crippen LogP contribution in [0.4, 0.5) is 0 Å². The van der Waals surface area contributed by atoms with Crippen molar-refractivity contribution in [1.29, 1.82) is 5.41 Å². The van der Waals surface area contributed by atoms with E-state index in [2.05, 4.69) is 23.4 Å². The third-order valence-corrected chi connectivity index (χ3v) is 2.97. The maximum Gasteiger partial charge on any atom is 0.141 e. The molecule has 0 spiro atoms. The first-order chi connectivity index (χ1) is 7.02. The molecule has 0 saturated carbocycles. The van der Waals surface area contributed by atoms with E-state index in [0.29, 0.717) is 5.69 Å². The molecular weight excluding hydrogens is 188 g/mol. The van der Waals surface area contributed by atoms with Crippen molar-refractivity contribution in [3.05, 3.63) is 29.2 Å². The monoisotopic (exact) mass is 202 g/mol. The van der Waals surface area contributed by atoms with Crippen molar-refractivity contribution in [2.75, 3.05) is 0 Å². The van der Waals surface area contributed by atoms with Gasteiger partial charge in [0.2, 0.25) is 0 Å². The van der Waals surface area contributed by atoms with Crippen molar-refractivity contribution >= 4 is 16.7 Å². The zero-order valence-corrected chi connectivity index (χ0v) is 9.13. The molecule has 0 unspecified atom stereocenters. The van der Waals surface area contributed by atoms with Crippen LogP contribution in [0.1, 0.15) is 17.0 Å². The zero-order chi connectivity index (χ0) is 11.2. The van der Waals surface area contributed by atoms with Gasteiger partial charge in [-0.25, -0.2) is 0 Å². The highest BCUT2D eigenvalue weighted by Gasteiger charge is 2.09. The van der Waals surface area contributed by atoms with Crippen molar-refractivity contribution in [1.82, 2.24) is 9.55 Å². The number of nitrogens with two attached hydrogens (primary N) is 1. The number of hydrogen-bond donors (Lipinski definition) is 2. The maximum absolute atomic E-state index is 7.35. The van der Waals surface area contributed by atoms with Crippen LogP contribution in [0.2, 0.25) is 0 Å². The van der Waals surface area contributed by atoms with E-state index in [4.69, 9.17) is 11.1 Å². The molecule has 0 saturated heterocycles. The Morgan fingerprint density at radius 1 is 1.47 bits per heavy atom. The second-order valence-corrected chi connectivity index (χ2v) is 3.77.